The number of carbonyl (C=O) groups is 2. The van der Waals surface area contributed by atoms with Crippen molar-refractivity contribution in [3.8, 4) is 11.5 Å². The van der Waals surface area contributed by atoms with Crippen molar-refractivity contribution in [3.05, 3.63) is 58.6 Å². The van der Waals surface area contributed by atoms with Crippen molar-refractivity contribution in [2.75, 3.05) is 19.5 Å². The van der Waals surface area contributed by atoms with Crippen LogP contribution in [0.15, 0.2) is 52.6 Å². The molecular formula is C22H22N4O5S. The fourth-order valence-corrected chi connectivity index (χ4v) is 4.19. The van der Waals surface area contributed by atoms with E-state index in [1.165, 1.54) is 18.9 Å². The Morgan fingerprint density at radius 1 is 1.25 bits per heavy atom. The van der Waals surface area contributed by atoms with Crippen molar-refractivity contribution in [1.82, 2.24) is 10.3 Å². The van der Waals surface area contributed by atoms with Gasteiger partial charge in [-0.2, -0.15) is 0 Å². The summed E-state index contributed by atoms with van der Waals surface area (Å²) >= 11 is 1.45. The summed E-state index contributed by atoms with van der Waals surface area (Å²) in [4.78, 5) is 29.1. The number of benzene rings is 2. The predicted molar refractivity (Wildman–Crippen MR) is 120 cm³/mol. The number of methoxy groups -OCH3 is 1. The molecule has 2 aliphatic rings. The van der Waals surface area contributed by atoms with Crippen molar-refractivity contribution in [1.29, 1.82) is 0 Å². The fraction of sp³-hybridized carbons (Fsp3) is 0.273. The van der Waals surface area contributed by atoms with Gasteiger partial charge < -0.3 is 14.6 Å². The number of fused-ring (bicyclic) bond motifs is 2. The van der Waals surface area contributed by atoms with Gasteiger partial charge in [0.05, 0.1) is 12.5 Å². The largest absolute Gasteiger partial charge is 0.493 e. The summed E-state index contributed by atoms with van der Waals surface area (Å²) in [6, 6.07) is 12.5. The SMILES string of the molecule is CCCSC1=NN2C(=c3ccccc3=NC2c2cccc(OC)c2OCC(=O)O)C(=O)N1. The number of hydrogen-bond acceptors (Lipinski definition) is 8. The summed E-state index contributed by atoms with van der Waals surface area (Å²) in [6.45, 7) is 1.50. The number of para-hydroxylation sites is 2. The highest BCUT2D eigenvalue weighted by Crippen LogP contribution is 2.40. The third-order valence-corrected chi connectivity index (χ3v) is 5.88. The molecule has 9 nitrogen and oxygen atoms in total. The molecule has 2 aromatic rings. The van der Waals surface area contributed by atoms with Crippen molar-refractivity contribution >= 4 is 34.5 Å². The smallest absolute Gasteiger partial charge is 0.341 e. The molecule has 2 aliphatic heterocycles. The molecule has 0 bridgehead atoms. The first-order valence-electron chi connectivity index (χ1n) is 10.0. The summed E-state index contributed by atoms with van der Waals surface area (Å²) < 4.78 is 11.0. The molecule has 2 heterocycles. The number of carbonyl (C=O) groups excluding carboxylic acids is 1. The van der Waals surface area contributed by atoms with E-state index in [0.717, 1.165) is 12.2 Å². The van der Waals surface area contributed by atoms with Crippen LogP contribution in [0.3, 0.4) is 0 Å². The van der Waals surface area contributed by atoms with Crippen molar-refractivity contribution in [3.63, 3.8) is 0 Å². The molecule has 1 unspecified atom stereocenters. The number of amidine groups is 1. The van der Waals surface area contributed by atoms with Crippen LogP contribution in [-0.4, -0.2) is 46.6 Å². The zero-order valence-electron chi connectivity index (χ0n) is 17.6. The number of amides is 1. The second kappa shape index (κ2) is 9.31. The number of nitrogens with one attached hydrogen (secondary N) is 1. The Balaban J connectivity index is 1.90. The molecule has 32 heavy (non-hydrogen) atoms. The van der Waals surface area contributed by atoms with Gasteiger partial charge in [0, 0.05) is 16.5 Å². The molecule has 1 amide bonds. The van der Waals surface area contributed by atoms with E-state index in [1.54, 1.807) is 23.2 Å². The lowest BCUT2D eigenvalue weighted by molar-refractivity contribution is -0.139. The zero-order chi connectivity index (χ0) is 22.7. The van der Waals surface area contributed by atoms with E-state index in [0.29, 0.717) is 32.8 Å². The third-order valence-electron chi connectivity index (χ3n) is 4.81. The predicted octanol–water partition coefficient (Wildman–Crippen LogP) is 1.44. The molecule has 0 spiro atoms. The maximum absolute atomic E-state index is 13.1. The van der Waals surface area contributed by atoms with Crippen LogP contribution in [0.1, 0.15) is 25.1 Å². The van der Waals surface area contributed by atoms with E-state index < -0.39 is 18.7 Å². The first-order chi connectivity index (χ1) is 15.5. The molecule has 0 aromatic heterocycles. The quantitative estimate of drug-likeness (QED) is 0.651. The highest BCUT2D eigenvalue weighted by atomic mass is 32.2. The lowest BCUT2D eigenvalue weighted by Gasteiger charge is -2.34. The molecule has 166 valence electrons. The second-order valence-electron chi connectivity index (χ2n) is 6.98. The Morgan fingerprint density at radius 2 is 2.06 bits per heavy atom. The van der Waals surface area contributed by atoms with Gasteiger partial charge in [0.2, 0.25) is 0 Å². The van der Waals surface area contributed by atoms with E-state index in [9.17, 15) is 9.59 Å². The number of carboxylic acid groups (broad SMARTS) is 1. The Morgan fingerprint density at radius 3 is 2.81 bits per heavy atom. The monoisotopic (exact) mass is 454 g/mol. The first-order valence-corrected chi connectivity index (χ1v) is 11.0. The highest BCUT2D eigenvalue weighted by Gasteiger charge is 2.36. The van der Waals surface area contributed by atoms with Crippen LogP contribution in [0.5, 0.6) is 11.5 Å². The minimum atomic E-state index is -1.12. The van der Waals surface area contributed by atoms with Crippen LogP contribution in [0, 0.1) is 0 Å². The van der Waals surface area contributed by atoms with E-state index in [2.05, 4.69) is 10.4 Å². The summed E-state index contributed by atoms with van der Waals surface area (Å²) in [6.07, 6.45) is 0.178. The first kappa shape index (κ1) is 21.7. The Bertz CT molecular complexity index is 1210. The van der Waals surface area contributed by atoms with Crippen molar-refractivity contribution in [2.45, 2.75) is 19.5 Å². The lowest BCUT2D eigenvalue weighted by Crippen LogP contribution is -2.50. The fourth-order valence-electron chi connectivity index (χ4n) is 3.48. The lowest BCUT2D eigenvalue weighted by atomic mass is 10.1. The molecule has 4 rings (SSSR count). The van der Waals surface area contributed by atoms with Crippen LogP contribution in [0.25, 0.3) is 5.70 Å². The number of carboxylic acids is 1. The molecule has 0 radical (unpaired) electrons. The van der Waals surface area contributed by atoms with Gasteiger partial charge in [-0.05, 0) is 18.6 Å². The normalized spacial score (nSPS) is 16.9. The van der Waals surface area contributed by atoms with Gasteiger partial charge in [-0.25, -0.2) is 9.80 Å². The number of hydrogen-bond donors (Lipinski definition) is 2. The summed E-state index contributed by atoms with van der Waals surface area (Å²) in [5, 5.41) is 20.0. The number of nitrogens with zero attached hydrogens (tertiary/aromatic N) is 3. The molecule has 0 aliphatic carbocycles. The van der Waals surface area contributed by atoms with Gasteiger partial charge in [-0.15, -0.1) is 5.10 Å². The molecule has 0 fully saturated rings. The maximum atomic E-state index is 13.1. The molecule has 0 saturated heterocycles. The Kier molecular flexibility index (Phi) is 6.31. The molecule has 2 aromatic carbocycles. The number of rotatable bonds is 7. The summed E-state index contributed by atoms with van der Waals surface area (Å²) in [5.74, 6) is 0.0158. The molecule has 2 N–H and O–H groups in total. The van der Waals surface area contributed by atoms with Gasteiger partial charge in [-0.3, -0.25) is 15.1 Å². The topological polar surface area (TPSA) is 113 Å². The van der Waals surface area contributed by atoms with Crippen LogP contribution in [-0.2, 0) is 9.59 Å². The number of hydrazone groups is 1. The summed E-state index contributed by atoms with van der Waals surface area (Å²) in [7, 11) is 1.48. The van der Waals surface area contributed by atoms with E-state index >= 15 is 0 Å². The third kappa shape index (κ3) is 4.13. The van der Waals surface area contributed by atoms with Gasteiger partial charge in [0.25, 0.3) is 5.91 Å². The Hall–Kier alpha value is -3.53. The van der Waals surface area contributed by atoms with Crippen molar-refractivity contribution in [2.24, 2.45) is 10.1 Å². The molecule has 0 saturated carbocycles. The maximum Gasteiger partial charge on any atom is 0.341 e. The average molecular weight is 455 g/mol. The van der Waals surface area contributed by atoms with Gasteiger partial charge in [0.15, 0.2) is 29.4 Å². The zero-order valence-corrected chi connectivity index (χ0v) is 18.4. The number of thioether (sulfide) groups is 1. The second-order valence-corrected chi connectivity index (χ2v) is 8.07. The molecule has 1 atom stereocenters. The molecule has 10 heteroatoms. The van der Waals surface area contributed by atoms with Crippen LogP contribution in [0.4, 0.5) is 0 Å². The average Bonchev–Trinajstić information content (AvgIpc) is 2.80. The number of ether oxygens (including phenoxy) is 2. The molecular weight excluding hydrogens is 432 g/mol. The minimum absolute atomic E-state index is 0.244. The van der Waals surface area contributed by atoms with E-state index in [1.807, 2.05) is 31.2 Å². The van der Waals surface area contributed by atoms with E-state index in [-0.39, 0.29) is 11.7 Å². The van der Waals surface area contributed by atoms with Crippen LogP contribution < -0.4 is 25.4 Å². The van der Waals surface area contributed by atoms with Gasteiger partial charge in [-0.1, -0.05) is 49.0 Å². The minimum Gasteiger partial charge on any atom is -0.493 e. The Labute approximate surface area is 188 Å². The number of aliphatic carboxylic acids is 1. The van der Waals surface area contributed by atoms with Crippen molar-refractivity contribution < 1.29 is 24.2 Å². The standard InChI is InChI=1S/C22H22N4O5S/c1-3-11-32-22-24-21(29)18-13-7-4-5-9-15(13)23-20(26(18)25-22)14-8-6-10-16(30-2)19(14)31-12-17(27)28/h4-10,20H,3,11-12H2,1-2H3,(H,27,28)(H,24,25,29). The van der Waals surface area contributed by atoms with Crippen LogP contribution in [0.2, 0.25) is 0 Å². The van der Waals surface area contributed by atoms with Crippen LogP contribution >= 0.6 is 11.8 Å². The highest BCUT2D eigenvalue weighted by molar-refractivity contribution is 8.13. The summed E-state index contributed by atoms with van der Waals surface area (Å²) in [5.41, 5.74) is 0.907. The van der Waals surface area contributed by atoms with E-state index in [4.69, 9.17) is 19.6 Å². The van der Waals surface area contributed by atoms with Gasteiger partial charge >= 0.3 is 5.97 Å². The van der Waals surface area contributed by atoms with Gasteiger partial charge in [0.1, 0.15) is 5.70 Å².